The van der Waals surface area contributed by atoms with Crippen molar-refractivity contribution < 1.29 is 14.7 Å². The number of carboxylic acid groups (broad SMARTS) is 1. The molecule has 2 atom stereocenters. The Morgan fingerprint density at radius 1 is 1.43 bits per heavy atom. The van der Waals surface area contributed by atoms with Gasteiger partial charge in [-0.15, -0.1) is 0 Å². The summed E-state index contributed by atoms with van der Waals surface area (Å²) in [5.41, 5.74) is 0.268. The van der Waals surface area contributed by atoms with E-state index in [9.17, 15) is 14.7 Å². The summed E-state index contributed by atoms with van der Waals surface area (Å²) in [6, 6.07) is 4.70. The van der Waals surface area contributed by atoms with Gasteiger partial charge in [-0.2, -0.15) is 0 Å². The van der Waals surface area contributed by atoms with Crippen LogP contribution in [0.2, 0.25) is 5.02 Å². The van der Waals surface area contributed by atoms with Crippen molar-refractivity contribution in [2.45, 2.75) is 38.8 Å². The second-order valence-electron chi connectivity index (χ2n) is 6.19. The Morgan fingerprint density at radius 3 is 2.57 bits per heavy atom. The maximum atomic E-state index is 12.3. The standard InChI is InChI=1S/C15H17BrClNO3/c1-15(2,3)18-12(19)7-10(14(20)21)13(18)9-6-8(17)4-5-11(9)16/h4-6,10,13H,7H2,1-3H3,(H,20,21). The molecule has 0 aromatic heterocycles. The molecule has 0 saturated carbocycles. The molecule has 1 amide bonds. The maximum absolute atomic E-state index is 12.3. The lowest BCUT2D eigenvalue weighted by molar-refractivity contribution is -0.142. The number of rotatable bonds is 2. The third kappa shape index (κ3) is 3.09. The minimum absolute atomic E-state index is 0.0101. The number of nitrogens with zero attached hydrogens (tertiary/aromatic N) is 1. The van der Waals surface area contributed by atoms with Gasteiger partial charge in [-0.05, 0) is 44.5 Å². The molecule has 114 valence electrons. The second kappa shape index (κ2) is 5.61. The molecule has 1 saturated heterocycles. The Morgan fingerprint density at radius 2 is 2.05 bits per heavy atom. The van der Waals surface area contributed by atoms with Crippen molar-refractivity contribution in [3.8, 4) is 0 Å². The molecule has 2 unspecified atom stereocenters. The highest BCUT2D eigenvalue weighted by Crippen LogP contribution is 2.45. The zero-order chi connectivity index (χ0) is 15.9. The van der Waals surface area contributed by atoms with Gasteiger partial charge in [0.2, 0.25) is 5.91 Å². The van der Waals surface area contributed by atoms with Crippen LogP contribution < -0.4 is 0 Å². The van der Waals surface area contributed by atoms with Crippen LogP contribution in [0.25, 0.3) is 0 Å². The molecule has 21 heavy (non-hydrogen) atoms. The summed E-state index contributed by atoms with van der Waals surface area (Å²) in [4.78, 5) is 25.6. The maximum Gasteiger partial charge on any atom is 0.309 e. The molecule has 1 N–H and O–H groups in total. The number of carbonyl (C=O) groups excluding carboxylic acids is 1. The van der Waals surface area contributed by atoms with Crippen molar-refractivity contribution in [3.63, 3.8) is 0 Å². The van der Waals surface area contributed by atoms with E-state index in [0.29, 0.717) is 5.02 Å². The average molecular weight is 375 g/mol. The molecule has 1 aromatic rings. The van der Waals surface area contributed by atoms with Crippen LogP contribution in [-0.4, -0.2) is 27.4 Å². The molecule has 0 radical (unpaired) electrons. The first-order valence-electron chi connectivity index (χ1n) is 6.63. The highest BCUT2D eigenvalue weighted by Gasteiger charge is 2.49. The fourth-order valence-corrected chi connectivity index (χ4v) is 3.51. The Hall–Kier alpha value is -1.07. The number of amides is 1. The van der Waals surface area contributed by atoms with Crippen molar-refractivity contribution in [2.24, 2.45) is 5.92 Å². The van der Waals surface area contributed by atoms with Gasteiger partial charge in [-0.25, -0.2) is 0 Å². The zero-order valence-corrected chi connectivity index (χ0v) is 14.4. The van der Waals surface area contributed by atoms with Crippen LogP contribution in [0.4, 0.5) is 0 Å². The lowest BCUT2D eigenvalue weighted by atomic mass is 9.92. The number of halogens is 2. The van der Waals surface area contributed by atoms with Crippen molar-refractivity contribution in [1.29, 1.82) is 0 Å². The van der Waals surface area contributed by atoms with Crippen LogP contribution >= 0.6 is 27.5 Å². The van der Waals surface area contributed by atoms with Gasteiger partial charge in [0.1, 0.15) is 0 Å². The Balaban J connectivity index is 2.60. The molecule has 1 aliphatic rings. The number of hydrogen-bond donors (Lipinski definition) is 1. The number of hydrogen-bond acceptors (Lipinski definition) is 2. The first-order valence-corrected chi connectivity index (χ1v) is 7.80. The summed E-state index contributed by atoms with van der Waals surface area (Å²) >= 11 is 9.49. The first kappa shape index (κ1) is 16.3. The van der Waals surface area contributed by atoms with E-state index in [1.54, 1.807) is 23.1 Å². The van der Waals surface area contributed by atoms with E-state index in [0.717, 1.165) is 10.0 Å². The van der Waals surface area contributed by atoms with Gasteiger partial charge in [0.05, 0.1) is 12.0 Å². The van der Waals surface area contributed by atoms with Crippen molar-refractivity contribution in [1.82, 2.24) is 4.90 Å². The lowest BCUT2D eigenvalue weighted by Gasteiger charge is -2.38. The largest absolute Gasteiger partial charge is 0.481 e. The van der Waals surface area contributed by atoms with Crippen LogP contribution in [-0.2, 0) is 9.59 Å². The van der Waals surface area contributed by atoms with Crippen LogP contribution in [0.5, 0.6) is 0 Å². The van der Waals surface area contributed by atoms with E-state index in [-0.39, 0.29) is 12.3 Å². The van der Waals surface area contributed by atoms with Gasteiger partial charge in [-0.1, -0.05) is 27.5 Å². The van der Waals surface area contributed by atoms with Gasteiger partial charge in [-0.3, -0.25) is 9.59 Å². The van der Waals surface area contributed by atoms with Gasteiger partial charge in [0.25, 0.3) is 0 Å². The number of likely N-dealkylation sites (tertiary alicyclic amines) is 1. The quantitative estimate of drug-likeness (QED) is 0.855. The molecule has 4 nitrogen and oxygen atoms in total. The van der Waals surface area contributed by atoms with Crippen LogP contribution in [0.1, 0.15) is 38.8 Å². The van der Waals surface area contributed by atoms with E-state index >= 15 is 0 Å². The molecule has 2 rings (SSSR count). The molecule has 6 heteroatoms. The minimum atomic E-state index is -0.966. The van der Waals surface area contributed by atoms with Crippen molar-refractivity contribution in [3.05, 3.63) is 33.3 Å². The fraction of sp³-hybridized carbons (Fsp3) is 0.467. The third-order valence-electron chi connectivity index (χ3n) is 3.64. The van der Waals surface area contributed by atoms with Crippen LogP contribution in [0, 0.1) is 5.92 Å². The van der Waals surface area contributed by atoms with E-state index in [1.807, 2.05) is 20.8 Å². The topological polar surface area (TPSA) is 57.6 Å². The molecule has 1 heterocycles. The van der Waals surface area contributed by atoms with E-state index in [1.165, 1.54) is 0 Å². The van der Waals surface area contributed by atoms with Crippen molar-refractivity contribution >= 4 is 39.4 Å². The number of benzene rings is 1. The number of carboxylic acids is 1. The Labute approximate surface area is 137 Å². The molecule has 0 aliphatic carbocycles. The van der Waals surface area contributed by atoms with Gasteiger partial charge in [0, 0.05) is 21.5 Å². The summed E-state index contributed by atoms with van der Waals surface area (Å²) in [6.07, 6.45) is 0.0101. The summed E-state index contributed by atoms with van der Waals surface area (Å²) in [7, 11) is 0. The average Bonchev–Trinajstić information content (AvgIpc) is 2.69. The summed E-state index contributed by atoms with van der Waals surface area (Å²) in [5, 5.41) is 10.00. The summed E-state index contributed by atoms with van der Waals surface area (Å²) in [5.74, 6) is -1.88. The molecular formula is C15H17BrClNO3. The van der Waals surface area contributed by atoms with E-state index < -0.39 is 23.5 Å². The lowest BCUT2D eigenvalue weighted by Crippen LogP contribution is -2.44. The molecule has 1 aromatic carbocycles. The van der Waals surface area contributed by atoms with E-state index in [4.69, 9.17) is 11.6 Å². The van der Waals surface area contributed by atoms with Gasteiger partial charge >= 0.3 is 5.97 Å². The predicted molar refractivity (Wildman–Crippen MR) is 84.2 cm³/mol. The van der Waals surface area contributed by atoms with Crippen molar-refractivity contribution in [2.75, 3.05) is 0 Å². The van der Waals surface area contributed by atoms with Gasteiger partial charge < -0.3 is 10.0 Å². The molecular weight excluding hydrogens is 358 g/mol. The highest BCUT2D eigenvalue weighted by molar-refractivity contribution is 9.10. The molecule has 1 fully saturated rings. The minimum Gasteiger partial charge on any atom is -0.481 e. The first-order chi connectivity index (χ1) is 9.62. The van der Waals surface area contributed by atoms with Crippen LogP contribution in [0.15, 0.2) is 22.7 Å². The number of carbonyl (C=O) groups is 2. The smallest absolute Gasteiger partial charge is 0.309 e. The fourth-order valence-electron chi connectivity index (χ4n) is 2.84. The summed E-state index contributed by atoms with van der Waals surface area (Å²) < 4.78 is 0.757. The number of aliphatic carboxylic acids is 1. The monoisotopic (exact) mass is 373 g/mol. The third-order valence-corrected chi connectivity index (χ3v) is 4.60. The zero-order valence-electron chi connectivity index (χ0n) is 12.1. The second-order valence-corrected chi connectivity index (χ2v) is 7.48. The predicted octanol–water partition coefficient (Wildman–Crippen LogP) is 3.88. The highest BCUT2D eigenvalue weighted by atomic mass is 79.9. The van der Waals surface area contributed by atoms with Gasteiger partial charge in [0.15, 0.2) is 0 Å². The molecule has 0 bridgehead atoms. The SMILES string of the molecule is CC(C)(C)N1C(=O)CC(C(=O)O)C1c1cc(Cl)ccc1Br. The molecule has 1 aliphatic heterocycles. The molecule has 0 spiro atoms. The van der Waals surface area contributed by atoms with Crippen LogP contribution in [0.3, 0.4) is 0 Å². The van der Waals surface area contributed by atoms with E-state index in [2.05, 4.69) is 15.9 Å². The summed E-state index contributed by atoms with van der Waals surface area (Å²) in [6.45, 7) is 5.71. The Bertz CT molecular complexity index is 597. The Kier molecular flexibility index (Phi) is 4.36. The normalized spacial score (nSPS) is 22.7.